The van der Waals surface area contributed by atoms with E-state index < -0.39 is 0 Å². The number of hydrogen-bond donors (Lipinski definition) is 0. The second-order valence-electron chi connectivity index (χ2n) is 8.72. The van der Waals surface area contributed by atoms with Crippen LogP contribution in [-0.4, -0.2) is 47.6 Å². The van der Waals surface area contributed by atoms with Gasteiger partial charge in [0.15, 0.2) is 5.78 Å². The van der Waals surface area contributed by atoms with Crippen molar-refractivity contribution in [3.05, 3.63) is 41.2 Å². The quantitative estimate of drug-likeness (QED) is 0.785. The predicted molar refractivity (Wildman–Crippen MR) is 111 cm³/mol. The number of Topliss-reactive ketones (excluding diaryl/α,β-unsaturated/α-hetero) is 1. The van der Waals surface area contributed by atoms with Crippen LogP contribution in [-0.2, 0) is 4.79 Å². The summed E-state index contributed by atoms with van der Waals surface area (Å²) in [6.45, 7) is 6.02. The van der Waals surface area contributed by atoms with Crippen molar-refractivity contribution < 1.29 is 9.53 Å². The van der Waals surface area contributed by atoms with Gasteiger partial charge in [0.25, 0.3) is 0 Å². The largest absolute Gasteiger partial charge is 0.472 e. The van der Waals surface area contributed by atoms with E-state index in [0.29, 0.717) is 23.5 Å². The van der Waals surface area contributed by atoms with Gasteiger partial charge in [-0.15, -0.1) is 0 Å². The number of hydrogen-bond acceptors (Lipinski definition) is 6. The molecule has 0 bridgehead atoms. The highest BCUT2D eigenvalue weighted by molar-refractivity contribution is 6.08. The summed E-state index contributed by atoms with van der Waals surface area (Å²) in [5.74, 6) is 0.413. The number of likely N-dealkylation sites (tertiary alicyclic amines) is 1. The molecule has 2 aliphatic heterocycles. The molecule has 0 unspecified atom stereocenters. The van der Waals surface area contributed by atoms with Gasteiger partial charge in [-0.2, -0.15) is 5.26 Å². The summed E-state index contributed by atoms with van der Waals surface area (Å²) in [6, 6.07) is 6.11. The van der Waals surface area contributed by atoms with Gasteiger partial charge in [0.2, 0.25) is 5.88 Å². The number of aromatic nitrogens is 1. The number of allylic oxidation sites excluding steroid dienone is 3. The molecule has 29 heavy (non-hydrogen) atoms. The number of ketones is 1. The maximum atomic E-state index is 11.9. The summed E-state index contributed by atoms with van der Waals surface area (Å²) in [5.41, 5.74) is 3.74. The van der Waals surface area contributed by atoms with Crippen molar-refractivity contribution in [2.75, 3.05) is 19.6 Å². The number of pyridine rings is 1. The SMILES string of the molecule is CC1(C)CC=C(c2ccnc(O[C@@H]3CCN(C4=C(C#N)C(=O)CN=C4)C3)c2)CC1. The smallest absolute Gasteiger partial charge is 0.214 e. The summed E-state index contributed by atoms with van der Waals surface area (Å²) in [5, 5.41) is 9.32. The van der Waals surface area contributed by atoms with Crippen molar-refractivity contribution in [1.82, 2.24) is 9.88 Å². The van der Waals surface area contributed by atoms with Crippen LogP contribution in [0.4, 0.5) is 0 Å². The molecule has 1 aromatic heterocycles. The third-order valence-corrected chi connectivity index (χ3v) is 5.95. The predicted octanol–water partition coefficient (Wildman–Crippen LogP) is 3.56. The van der Waals surface area contributed by atoms with E-state index in [-0.39, 0.29) is 24.0 Å². The lowest BCUT2D eigenvalue weighted by molar-refractivity contribution is -0.114. The number of carbonyl (C=O) groups is 1. The van der Waals surface area contributed by atoms with E-state index in [1.165, 1.54) is 17.6 Å². The normalized spacial score (nSPS) is 23.8. The zero-order valence-corrected chi connectivity index (χ0v) is 17.0. The Balaban J connectivity index is 1.44. The van der Waals surface area contributed by atoms with E-state index in [1.807, 2.05) is 23.1 Å². The maximum absolute atomic E-state index is 11.9. The second kappa shape index (κ2) is 7.82. The summed E-state index contributed by atoms with van der Waals surface area (Å²) in [7, 11) is 0. The fourth-order valence-electron chi connectivity index (χ4n) is 4.09. The molecule has 1 aliphatic carbocycles. The van der Waals surface area contributed by atoms with Gasteiger partial charge in [-0.1, -0.05) is 19.9 Å². The summed E-state index contributed by atoms with van der Waals surface area (Å²) in [6.07, 6.45) is 9.92. The van der Waals surface area contributed by atoms with Gasteiger partial charge in [0.1, 0.15) is 24.3 Å². The van der Waals surface area contributed by atoms with Gasteiger partial charge in [-0.3, -0.25) is 9.79 Å². The van der Waals surface area contributed by atoms with E-state index in [0.717, 1.165) is 25.8 Å². The molecular weight excluding hydrogens is 364 g/mol. The van der Waals surface area contributed by atoms with E-state index in [1.54, 1.807) is 12.4 Å². The van der Waals surface area contributed by atoms with Gasteiger partial charge in [-0.25, -0.2) is 4.98 Å². The molecule has 1 fully saturated rings. The minimum Gasteiger partial charge on any atom is -0.472 e. The lowest BCUT2D eigenvalue weighted by Gasteiger charge is -2.28. The van der Waals surface area contributed by atoms with E-state index >= 15 is 0 Å². The lowest BCUT2D eigenvalue weighted by atomic mass is 9.77. The number of aliphatic imine (C=N–C) groups is 1. The molecule has 0 aromatic carbocycles. The third-order valence-electron chi connectivity index (χ3n) is 5.95. The van der Waals surface area contributed by atoms with Crippen LogP contribution in [0, 0.1) is 16.7 Å². The van der Waals surface area contributed by atoms with E-state index in [2.05, 4.69) is 29.9 Å². The highest BCUT2D eigenvalue weighted by Crippen LogP contribution is 2.38. The Kier molecular flexibility index (Phi) is 5.23. The fourth-order valence-corrected chi connectivity index (χ4v) is 4.09. The van der Waals surface area contributed by atoms with Gasteiger partial charge < -0.3 is 9.64 Å². The first-order valence-corrected chi connectivity index (χ1v) is 10.2. The zero-order chi connectivity index (χ0) is 20.4. The number of dihydropyridines is 1. The Morgan fingerprint density at radius 1 is 1.38 bits per heavy atom. The van der Waals surface area contributed by atoms with Crippen LogP contribution in [0.15, 0.2) is 40.7 Å². The van der Waals surface area contributed by atoms with Gasteiger partial charge in [0, 0.05) is 31.4 Å². The van der Waals surface area contributed by atoms with Crippen LogP contribution in [0.1, 0.15) is 45.1 Å². The lowest BCUT2D eigenvalue weighted by Crippen LogP contribution is -2.29. The molecule has 1 atom stereocenters. The maximum Gasteiger partial charge on any atom is 0.214 e. The summed E-state index contributed by atoms with van der Waals surface area (Å²) < 4.78 is 6.15. The van der Waals surface area contributed by atoms with Crippen LogP contribution in [0.5, 0.6) is 5.88 Å². The first-order chi connectivity index (χ1) is 13.9. The Morgan fingerprint density at radius 3 is 3.00 bits per heavy atom. The molecule has 0 N–H and O–H groups in total. The van der Waals surface area contributed by atoms with E-state index in [9.17, 15) is 10.1 Å². The Hall–Kier alpha value is -2.94. The van der Waals surface area contributed by atoms with Gasteiger partial charge in [0.05, 0.1) is 12.2 Å². The highest BCUT2D eigenvalue weighted by atomic mass is 16.5. The van der Waals surface area contributed by atoms with Crippen LogP contribution < -0.4 is 4.74 Å². The van der Waals surface area contributed by atoms with Crippen LogP contribution >= 0.6 is 0 Å². The summed E-state index contributed by atoms with van der Waals surface area (Å²) in [4.78, 5) is 22.4. The minimum atomic E-state index is -0.215. The molecule has 3 heterocycles. The average molecular weight is 390 g/mol. The standard InChI is InChI=1S/C23H26N4O2/c1-23(2)7-3-16(4-8-23)17-5-9-26-22(11-17)29-18-6-10-27(15-18)20-13-25-14-21(28)19(20)12-24/h3,5,9,11,13,18H,4,6-8,10,14-15H2,1-2H3/t18-/m1/s1. The van der Waals surface area contributed by atoms with Gasteiger partial charge in [-0.05, 0) is 41.9 Å². The molecule has 1 saturated heterocycles. The van der Waals surface area contributed by atoms with Crippen molar-refractivity contribution >= 4 is 17.6 Å². The topological polar surface area (TPSA) is 78.6 Å². The molecule has 1 aromatic rings. The zero-order valence-electron chi connectivity index (χ0n) is 17.0. The average Bonchev–Trinajstić information content (AvgIpc) is 3.16. The van der Waals surface area contributed by atoms with Crippen LogP contribution in [0.3, 0.4) is 0 Å². The second-order valence-corrected chi connectivity index (χ2v) is 8.72. The van der Waals surface area contributed by atoms with Crippen molar-refractivity contribution in [2.24, 2.45) is 10.4 Å². The van der Waals surface area contributed by atoms with Crippen LogP contribution in [0.2, 0.25) is 0 Å². The highest BCUT2D eigenvalue weighted by Gasteiger charge is 2.30. The summed E-state index contributed by atoms with van der Waals surface area (Å²) >= 11 is 0. The van der Waals surface area contributed by atoms with Crippen molar-refractivity contribution in [3.63, 3.8) is 0 Å². The molecule has 4 rings (SSSR count). The first-order valence-electron chi connectivity index (χ1n) is 10.2. The first kappa shape index (κ1) is 19.4. The molecule has 150 valence electrons. The Bertz CT molecular complexity index is 952. The molecule has 0 amide bonds. The Morgan fingerprint density at radius 2 is 2.24 bits per heavy atom. The molecule has 0 saturated carbocycles. The number of ether oxygens (including phenoxy) is 1. The van der Waals surface area contributed by atoms with Crippen molar-refractivity contribution in [1.29, 1.82) is 5.26 Å². The third kappa shape index (κ3) is 4.24. The van der Waals surface area contributed by atoms with Gasteiger partial charge >= 0.3 is 0 Å². The monoisotopic (exact) mass is 390 g/mol. The number of carbonyl (C=O) groups excluding carboxylic acids is 1. The molecule has 6 nitrogen and oxygen atoms in total. The number of nitriles is 1. The Labute approximate surface area is 171 Å². The molecule has 0 radical (unpaired) electrons. The number of nitrogens with zero attached hydrogens (tertiary/aromatic N) is 4. The molecular formula is C23H26N4O2. The molecule has 0 spiro atoms. The number of rotatable bonds is 4. The fraction of sp³-hybridized carbons (Fsp3) is 0.478. The molecule has 3 aliphatic rings. The minimum absolute atomic E-state index is 0.0325. The van der Waals surface area contributed by atoms with Crippen LogP contribution in [0.25, 0.3) is 5.57 Å². The van der Waals surface area contributed by atoms with Crippen molar-refractivity contribution in [3.8, 4) is 11.9 Å². The van der Waals surface area contributed by atoms with Crippen molar-refractivity contribution in [2.45, 2.75) is 45.6 Å². The van der Waals surface area contributed by atoms with E-state index in [4.69, 9.17) is 4.74 Å². The molecule has 6 heteroatoms.